The molecule has 2 aliphatic rings. The van der Waals surface area contributed by atoms with Crippen LogP contribution < -0.4 is 0 Å². The Morgan fingerprint density at radius 1 is 1.47 bits per heavy atom. The van der Waals surface area contributed by atoms with Crippen LogP contribution in [0.25, 0.3) is 0 Å². The summed E-state index contributed by atoms with van der Waals surface area (Å²) >= 11 is 0.989. The normalized spacial score (nSPS) is 23.2. The molecule has 104 valence electrons. The zero-order chi connectivity index (χ0) is 13.5. The molecule has 1 aliphatic heterocycles. The molecule has 0 atom stereocenters. The van der Waals surface area contributed by atoms with Gasteiger partial charge < -0.3 is 9.64 Å². The van der Waals surface area contributed by atoms with E-state index in [2.05, 4.69) is 9.59 Å². The fourth-order valence-electron chi connectivity index (χ4n) is 2.09. The number of carbonyl (C=O) groups excluding carboxylic acids is 1. The smallest absolute Gasteiger partial charge is 0.288 e. The van der Waals surface area contributed by atoms with Gasteiger partial charge in [-0.1, -0.05) is 4.49 Å². The lowest BCUT2D eigenvalue weighted by molar-refractivity contribution is -0.0660. The number of halogens is 2. The number of alkyl halides is 2. The zero-order valence-electron chi connectivity index (χ0n) is 10.1. The quantitative estimate of drug-likeness (QED) is 0.828. The Hall–Kier alpha value is -1.15. The van der Waals surface area contributed by atoms with Gasteiger partial charge in [-0.05, 0) is 24.4 Å². The maximum atomic E-state index is 13.4. The van der Waals surface area contributed by atoms with E-state index in [1.54, 1.807) is 0 Å². The van der Waals surface area contributed by atoms with E-state index < -0.39 is 25.0 Å². The number of carbonyl (C=O) groups is 1. The molecule has 0 radical (unpaired) electrons. The number of hydrogen-bond donors (Lipinski definition) is 0. The minimum atomic E-state index is -3.00. The summed E-state index contributed by atoms with van der Waals surface area (Å²) in [7, 11) is 0. The first-order valence-electron chi connectivity index (χ1n) is 6.14. The Bertz CT molecular complexity index is 490. The van der Waals surface area contributed by atoms with Crippen molar-refractivity contribution < 1.29 is 18.3 Å². The monoisotopic (exact) mass is 289 g/mol. The highest BCUT2D eigenvalue weighted by molar-refractivity contribution is 7.08. The Morgan fingerprint density at radius 2 is 2.26 bits per heavy atom. The molecule has 2 fully saturated rings. The van der Waals surface area contributed by atoms with Crippen LogP contribution in [0.2, 0.25) is 0 Å². The molecule has 1 amide bonds. The molecular weight excluding hydrogens is 276 g/mol. The average molecular weight is 289 g/mol. The van der Waals surface area contributed by atoms with Crippen LogP contribution in [-0.4, -0.2) is 52.6 Å². The summed E-state index contributed by atoms with van der Waals surface area (Å²) < 4.78 is 35.5. The largest absolute Gasteiger partial charge is 0.373 e. The lowest BCUT2D eigenvalue weighted by Gasteiger charge is -2.22. The standard InChI is InChI=1S/C11H13F2N3O2S/c12-11(13)5-16(3-4-18-6-11)10(17)9-8(7-1-2-7)14-15-19-9/h7H,1-6H2. The van der Waals surface area contributed by atoms with Crippen molar-refractivity contribution in [1.29, 1.82) is 0 Å². The first-order chi connectivity index (χ1) is 9.07. The first-order valence-corrected chi connectivity index (χ1v) is 6.91. The summed E-state index contributed by atoms with van der Waals surface area (Å²) in [6.07, 6.45) is 1.98. The summed E-state index contributed by atoms with van der Waals surface area (Å²) in [5.74, 6) is -3.12. The van der Waals surface area contributed by atoms with Gasteiger partial charge in [0.05, 0.1) is 18.8 Å². The van der Waals surface area contributed by atoms with Gasteiger partial charge in [0.15, 0.2) is 0 Å². The molecular formula is C11H13F2N3O2S. The number of hydrogen-bond acceptors (Lipinski definition) is 5. The van der Waals surface area contributed by atoms with Crippen LogP contribution in [0.3, 0.4) is 0 Å². The van der Waals surface area contributed by atoms with Crippen molar-refractivity contribution in [1.82, 2.24) is 14.5 Å². The summed E-state index contributed by atoms with van der Waals surface area (Å²) in [6.45, 7) is -0.927. The van der Waals surface area contributed by atoms with E-state index in [0.717, 1.165) is 29.3 Å². The summed E-state index contributed by atoms with van der Waals surface area (Å²) in [4.78, 5) is 13.9. The molecule has 1 aromatic rings. The van der Waals surface area contributed by atoms with E-state index in [9.17, 15) is 13.6 Å². The van der Waals surface area contributed by atoms with Crippen LogP contribution in [0.4, 0.5) is 8.78 Å². The Labute approximate surface area is 112 Å². The Kier molecular flexibility index (Phi) is 3.22. The second-order valence-electron chi connectivity index (χ2n) is 4.90. The molecule has 19 heavy (non-hydrogen) atoms. The summed E-state index contributed by atoms with van der Waals surface area (Å²) in [5, 5.41) is 3.96. The van der Waals surface area contributed by atoms with Crippen molar-refractivity contribution in [2.45, 2.75) is 24.7 Å². The van der Waals surface area contributed by atoms with Crippen molar-refractivity contribution in [3.8, 4) is 0 Å². The number of amides is 1. The van der Waals surface area contributed by atoms with E-state index in [4.69, 9.17) is 4.74 Å². The van der Waals surface area contributed by atoms with Crippen LogP contribution in [0.5, 0.6) is 0 Å². The minimum absolute atomic E-state index is 0.131. The lowest BCUT2D eigenvalue weighted by Crippen LogP contribution is -2.41. The van der Waals surface area contributed by atoms with Crippen molar-refractivity contribution in [3.63, 3.8) is 0 Å². The van der Waals surface area contributed by atoms with Gasteiger partial charge in [0, 0.05) is 12.5 Å². The van der Waals surface area contributed by atoms with E-state index in [1.807, 2.05) is 0 Å². The molecule has 3 rings (SSSR count). The fraction of sp³-hybridized carbons (Fsp3) is 0.727. The zero-order valence-corrected chi connectivity index (χ0v) is 11.0. The van der Waals surface area contributed by atoms with Crippen LogP contribution in [0, 0.1) is 0 Å². The molecule has 2 heterocycles. The predicted octanol–water partition coefficient (Wildman–Crippen LogP) is 1.52. The maximum absolute atomic E-state index is 13.4. The van der Waals surface area contributed by atoms with Gasteiger partial charge in [0.2, 0.25) is 0 Å². The lowest BCUT2D eigenvalue weighted by atomic mass is 10.2. The third-order valence-corrected chi connectivity index (χ3v) is 3.93. The molecule has 8 heteroatoms. The molecule has 0 bridgehead atoms. The Balaban J connectivity index is 1.80. The summed E-state index contributed by atoms with van der Waals surface area (Å²) in [5.41, 5.74) is 0.670. The highest BCUT2D eigenvalue weighted by atomic mass is 32.1. The highest BCUT2D eigenvalue weighted by Crippen LogP contribution is 2.41. The van der Waals surface area contributed by atoms with Gasteiger partial charge in [0.1, 0.15) is 11.5 Å². The molecule has 0 spiro atoms. The van der Waals surface area contributed by atoms with Crippen LogP contribution >= 0.6 is 11.5 Å². The van der Waals surface area contributed by atoms with Crippen molar-refractivity contribution in [3.05, 3.63) is 10.6 Å². The van der Waals surface area contributed by atoms with Crippen molar-refractivity contribution in [2.24, 2.45) is 0 Å². The van der Waals surface area contributed by atoms with E-state index in [1.165, 1.54) is 0 Å². The average Bonchev–Trinajstić information content (AvgIpc) is 3.12. The highest BCUT2D eigenvalue weighted by Gasteiger charge is 2.39. The van der Waals surface area contributed by atoms with Crippen LogP contribution in [0.15, 0.2) is 0 Å². The topological polar surface area (TPSA) is 55.3 Å². The molecule has 1 saturated carbocycles. The van der Waals surface area contributed by atoms with E-state index in [0.29, 0.717) is 10.6 Å². The SMILES string of the molecule is O=C(c1snnc1C1CC1)N1CCOCC(F)(F)C1. The molecule has 0 aromatic carbocycles. The number of rotatable bonds is 2. The third-order valence-electron chi connectivity index (χ3n) is 3.20. The Morgan fingerprint density at radius 3 is 3.00 bits per heavy atom. The van der Waals surface area contributed by atoms with E-state index >= 15 is 0 Å². The van der Waals surface area contributed by atoms with Gasteiger partial charge in [-0.3, -0.25) is 4.79 Å². The molecule has 5 nitrogen and oxygen atoms in total. The molecule has 1 aromatic heterocycles. The van der Waals surface area contributed by atoms with Gasteiger partial charge in [-0.2, -0.15) is 0 Å². The molecule has 0 unspecified atom stereocenters. The van der Waals surface area contributed by atoms with Gasteiger partial charge >= 0.3 is 0 Å². The number of ether oxygens (including phenoxy) is 1. The van der Waals surface area contributed by atoms with Crippen molar-refractivity contribution in [2.75, 3.05) is 26.3 Å². The van der Waals surface area contributed by atoms with Crippen LogP contribution in [-0.2, 0) is 4.74 Å². The summed E-state index contributed by atoms with van der Waals surface area (Å²) in [6, 6.07) is 0. The van der Waals surface area contributed by atoms with Gasteiger partial charge in [0.25, 0.3) is 11.8 Å². The number of nitrogens with zero attached hydrogens (tertiary/aromatic N) is 3. The molecule has 0 N–H and O–H groups in total. The second-order valence-corrected chi connectivity index (χ2v) is 5.65. The maximum Gasteiger partial charge on any atom is 0.288 e. The molecule has 1 saturated heterocycles. The third kappa shape index (κ3) is 2.74. The van der Waals surface area contributed by atoms with Crippen LogP contribution in [0.1, 0.15) is 34.1 Å². The minimum Gasteiger partial charge on any atom is -0.373 e. The first kappa shape index (κ1) is 12.9. The second kappa shape index (κ2) is 4.75. The van der Waals surface area contributed by atoms with Gasteiger partial charge in [-0.15, -0.1) is 5.10 Å². The van der Waals surface area contributed by atoms with Crippen molar-refractivity contribution >= 4 is 17.4 Å². The predicted molar refractivity (Wildman–Crippen MR) is 63.6 cm³/mol. The number of aromatic nitrogens is 2. The fourth-order valence-corrected chi connectivity index (χ4v) is 2.81. The molecule has 1 aliphatic carbocycles. The van der Waals surface area contributed by atoms with E-state index in [-0.39, 0.29) is 19.1 Å². The van der Waals surface area contributed by atoms with Gasteiger partial charge in [-0.25, -0.2) is 8.78 Å².